The molecule has 0 bridgehead atoms. The molecule has 36 valence electrons. The summed E-state index contributed by atoms with van der Waals surface area (Å²) in [5.41, 5.74) is 0. The van der Waals surface area contributed by atoms with Gasteiger partial charge in [0.2, 0.25) is 0 Å². The second-order valence-electron chi connectivity index (χ2n) is 1.03. The van der Waals surface area contributed by atoms with Crippen molar-refractivity contribution in [2.24, 2.45) is 0 Å². The number of aliphatic hydroxyl groups is 2. The molecule has 0 aromatic carbocycles. The van der Waals surface area contributed by atoms with Gasteiger partial charge in [-0.05, 0) is 13.0 Å². The molecule has 0 aliphatic carbocycles. The smallest absolute Gasteiger partial charge is 0.0874 e. The summed E-state index contributed by atoms with van der Waals surface area (Å²) in [4.78, 5) is 0. The normalized spacial score (nSPS) is 12.0. The molecule has 6 heavy (non-hydrogen) atoms. The van der Waals surface area contributed by atoms with Crippen LogP contribution in [0.15, 0.2) is 11.8 Å². The minimum absolute atomic E-state index is 0.0810. The summed E-state index contributed by atoms with van der Waals surface area (Å²) in [5.74, 6) is 0.164. The Labute approximate surface area is 36.7 Å². The van der Waals surface area contributed by atoms with Gasteiger partial charge in [-0.2, -0.15) is 0 Å². The molecule has 0 rings (SSSR count). The standard InChI is InChI=1S/C4H8O2/c1-4(6)2-3-5/h2,5-6H,3H2,1H3. The van der Waals surface area contributed by atoms with Crippen LogP contribution < -0.4 is 0 Å². The molecule has 0 fully saturated rings. The van der Waals surface area contributed by atoms with Crippen LogP contribution in [0.25, 0.3) is 0 Å². The molecular weight excluding hydrogens is 80.0 g/mol. The average molecular weight is 88.1 g/mol. The lowest BCUT2D eigenvalue weighted by molar-refractivity contribution is 0.329. The van der Waals surface area contributed by atoms with Gasteiger partial charge in [0.1, 0.15) is 0 Å². The SMILES string of the molecule is CC(O)=CCO. The van der Waals surface area contributed by atoms with Crippen molar-refractivity contribution < 1.29 is 10.2 Å². The first-order valence-corrected chi connectivity index (χ1v) is 1.74. The van der Waals surface area contributed by atoms with Gasteiger partial charge in [0.15, 0.2) is 0 Å². The van der Waals surface area contributed by atoms with Crippen LogP contribution in [-0.2, 0) is 0 Å². The third-order valence-electron chi connectivity index (χ3n) is 0.387. The summed E-state index contributed by atoms with van der Waals surface area (Å²) in [5, 5.41) is 16.3. The Morgan fingerprint density at radius 2 is 2.33 bits per heavy atom. The lowest BCUT2D eigenvalue weighted by Crippen LogP contribution is -1.74. The molecule has 2 N–H and O–H groups in total. The number of hydrogen-bond acceptors (Lipinski definition) is 2. The van der Waals surface area contributed by atoms with E-state index < -0.39 is 0 Å². The van der Waals surface area contributed by atoms with Gasteiger partial charge in [-0.15, -0.1) is 0 Å². The highest BCUT2D eigenvalue weighted by Gasteiger charge is 1.71. The van der Waals surface area contributed by atoms with E-state index in [1.165, 1.54) is 13.0 Å². The molecular formula is C4H8O2. The molecule has 0 aliphatic heterocycles. The molecule has 0 unspecified atom stereocenters. The second-order valence-corrected chi connectivity index (χ2v) is 1.03. The van der Waals surface area contributed by atoms with Crippen molar-refractivity contribution in [1.82, 2.24) is 0 Å². The van der Waals surface area contributed by atoms with Gasteiger partial charge in [-0.1, -0.05) is 0 Å². The molecule has 0 aromatic rings. The third kappa shape index (κ3) is 3.50. The molecule has 0 saturated heterocycles. The van der Waals surface area contributed by atoms with Gasteiger partial charge in [0, 0.05) is 0 Å². The van der Waals surface area contributed by atoms with Crippen LogP contribution in [0.5, 0.6) is 0 Å². The van der Waals surface area contributed by atoms with Crippen LogP contribution in [0.4, 0.5) is 0 Å². The number of rotatable bonds is 1. The minimum Gasteiger partial charge on any atom is -0.513 e. The zero-order chi connectivity index (χ0) is 4.99. The van der Waals surface area contributed by atoms with E-state index in [1.807, 2.05) is 0 Å². The van der Waals surface area contributed by atoms with Crippen LogP contribution in [0.3, 0.4) is 0 Å². The molecule has 2 heteroatoms. The maximum absolute atomic E-state index is 8.25. The largest absolute Gasteiger partial charge is 0.513 e. The lowest BCUT2D eigenvalue weighted by atomic mass is 10.5. The number of allylic oxidation sites excluding steroid dienone is 1. The Bertz CT molecular complexity index is 52.6. The quantitative estimate of drug-likeness (QED) is 0.456. The Morgan fingerprint density at radius 3 is 2.33 bits per heavy atom. The van der Waals surface area contributed by atoms with Crippen molar-refractivity contribution in [2.45, 2.75) is 6.92 Å². The Hall–Kier alpha value is -0.500. The highest BCUT2D eigenvalue weighted by atomic mass is 16.3. The summed E-state index contributed by atoms with van der Waals surface area (Å²) in [6, 6.07) is 0. The second kappa shape index (κ2) is 2.72. The molecule has 0 aromatic heterocycles. The molecule has 2 nitrogen and oxygen atoms in total. The van der Waals surface area contributed by atoms with Crippen LogP contribution in [0.1, 0.15) is 6.92 Å². The van der Waals surface area contributed by atoms with E-state index in [4.69, 9.17) is 10.2 Å². The van der Waals surface area contributed by atoms with Crippen molar-refractivity contribution in [1.29, 1.82) is 0 Å². The maximum Gasteiger partial charge on any atom is 0.0874 e. The van der Waals surface area contributed by atoms with Crippen LogP contribution >= 0.6 is 0 Å². The molecule has 0 amide bonds. The summed E-state index contributed by atoms with van der Waals surface area (Å²) in [6.07, 6.45) is 1.32. The highest BCUT2D eigenvalue weighted by molar-refractivity contribution is 4.84. The van der Waals surface area contributed by atoms with Crippen LogP contribution in [0, 0.1) is 0 Å². The van der Waals surface area contributed by atoms with Gasteiger partial charge in [0.05, 0.1) is 12.4 Å². The van der Waals surface area contributed by atoms with Crippen molar-refractivity contribution in [3.05, 3.63) is 11.8 Å². The third-order valence-corrected chi connectivity index (χ3v) is 0.387. The van der Waals surface area contributed by atoms with E-state index in [-0.39, 0.29) is 12.4 Å². The zero-order valence-electron chi connectivity index (χ0n) is 3.68. The fraction of sp³-hybridized carbons (Fsp3) is 0.500. The van der Waals surface area contributed by atoms with E-state index >= 15 is 0 Å². The fourth-order valence-electron chi connectivity index (χ4n) is 0.132. The van der Waals surface area contributed by atoms with E-state index in [0.29, 0.717) is 0 Å². The van der Waals surface area contributed by atoms with Crippen molar-refractivity contribution in [2.75, 3.05) is 6.61 Å². The summed E-state index contributed by atoms with van der Waals surface area (Å²) < 4.78 is 0. The first kappa shape index (κ1) is 5.50. The van der Waals surface area contributed by atoms with Gasteiger partial charge in [-0.25, -0.2) is 0 Å². The van der Waals surface area contributed by atoms with E-state index in [0.717, 1.165) is 0 Å². The van der Waals surface area contributed by atoms with Crippen LogP contribution in [0.2, 0.25) is 0 Å². The van der Waals surface area contributed by atoms with Crippen molar-refractivity contribution >= 4 is 0 Å². The molecule has 0 heterocycles. The zero-order valence-corrected chi connectivity index (χ0v) is 3.68. The number of aliphatic hydroxyl groups excluding tert-OH is 2. The monoisotopic (exact) mass is 88.1 g/mol. The molecule has 0 spiro atoms. The van der Waals surface area contributed by atoms with Crippen molar-refractivity contribution in [3.8, 4) is 0 Å². The van der Waals surface area contributed by atoms with E-state index in [2.05, 4.69) is 0 Å². The van der Waals surface area contributed by atoms with E-state index in [9.17, 15) is 0 Å². The maximum atomic E-state index is 8.25. The first-order valence-electron chi connectivity index (χ1n) is 1.74. The summed E-state index contributed by atoms with van der Waals surface area (Å²) in [6.45, 7) is 1.43. The van der Waals surface area contributed by atoms with Gasteiger partial charge >= 0.3 is 0 Å². The topological polar surface area (TPSA) is 40.5 Å². The predicted octanol–water partition coefficient (Wildman–Crippen LogP) is 0.440. The van der Waals surface area contributed by atoms with Gasteiger partial charge < -0.3 is 10.2 Å². The Kier molecular flexibility index (Phi) is 2.50. The van der Waals surface area contributed by atoms with Crippen LogP contribution in [-0.4, -0.2) is 16.8 Å². The molecule has 0 aliphatic rings. The molecule has 0 radical (unpaired) electrons. The Morgan fingerprint density at radius 1 is 1.83 bits per heavy atom. The predicted molar refractivity (Wildman–Crippen MR) is 23.5 cm³/mol. The highest BCUT2D eigenvalue weighted by Crippen LogP contribution is 1.78. The summed E-state index contributed by atoms with van der Waals surface area (Å²) >= 11 is 0. The van der Waals surface area contributed by atoms with Gasteiger partial charge in [0.25, 0.3) is 0 Å². The average Bonchev–Trinajstić information content (AvgIpc) is 1.35. The first-order chi connectivity index (χ1) is 2.77. The molecule has 0 saturated carbocycles. The fourth-order valence-corrected chi connectivity index (χ4v) is 0.132. The summed E-state index contributed by atoms with van der Waals surface area (Å²) in [7, 11) is 0. The lowest BCUT2D eigenvalue weighted by Gasteiger charge is -1.80. The Balaban J connectivity index is 3.14. The van der Waals surface area contributed by atoms with Gasteiger partial charge in [-0.3, -0.25) is 0 Å². The minimum atomic E-state index is -0.0810. The number of hydrogen-bond donors (Lipinski definition) is 2. The van der Waals surface area contributed by atoms with E-state index in [1.54, 1.807) is 0 Å². The molecule has 0 atom stereocenters. The van der Waals surface area contributed by atoms with Crippen molar-refractivity contribution in [3.63, 3.8) is 0 Å².